The standard InChI is InChI=1S/C23H24OP.BrH/c1-3-19(2)23(24)25(20-13-7-4-8-14-20,21-15-9-5-10-16-21)22-17-11-6-12-18-22;/h4-19H,3H2,1-2H3;1H/q+1;/p-1. The van der Waals surface area contributed by atoms with Crippen molar-refractivity contribution in [3.05, 3.63) is 91.0 Å². The number of benzene rings is 3. The number of rotatable bonds is 6. The summed E-state index contributed by atoms with van der Waals surface area (Å²) in [6, 6.07) is 31.0. The molecule has 0 amide bonds. The lowest BCUT2D eigenvalue weighted by molar-refractivity contribution is -0.114. The molecule has 0 N–H and O–H groups in total. The lowest BCUT2D eigenvalue weighted by Gasteiger charge is -2.27. The maximum absolute atomic E-state index is 13.8. The summed E-state index contributed by atoms with van der Waals surface area (Å²) in [7, 11) is -2.36. The molecule has 3 rings (SSSR count). The maximum Gasteiger partial charge on any atom is 0.286 e. The van der Waals surface area contributed by atoms with Crippen LogP contribution in [-0.2, 0) is 4.79 Å². The fourth-order valence-electron chi connectivity index (χ4n) is 3.29. The SMILES string of the molecule is CCC(C)C(=O)[P+](c1ccccc1)(c1ccccc1)c1ccccc1.[Br-]. The van der Waals surface area contributed by atoms with Crippen LogP contribution in [0.15, 0.2) is 91.0 Å². The van der Waals surface area contributed by atoms with Crippen molar-refractivity contribution < 1.29 is 21.8 Å². The minimum absolute atomic E-state index is 0. The second-order valence-electron chi connectivity index (χ2n) is 6.33. The molecule has 1 unspecified atom stereocenters. The van der Waals surface area contributed by atoms with Crippen LogP contribution in [-0.4, -0.2) is 5.52 Å². The van der Waals surface area contributed by atoms with Gasteiger partial charge in [-0.1, -0.05) is 68.4 Å². The molecular weight excluding hydrogens is 403 g/mol. The monoisotopic (exact) mass is 426 g/mol. The molecule has 3 aromatic rings. The highest BCUT2D eigenvalue weighted by Gasteiger charge is 2.54. The lowest BCUT2D eigenvalue weighted by atomic mass is 10.1. The van der Waals surface area contributed by atoms with E-state index in [9.17, 15) is 4.79 Å². The molecular formula is C23H24BrOP. The zero-order chi connectivity index (χ0) is 17.7. The Bertz CT molecular complexity index is 722. The van der Waals surface area contributed by atoms with E-state index in [-0.39, 0.29) is 22.9 Å². The largest absolute Gasteiger partial charge is 1.00 e. The topological polar surface area (TPSA) is 17.1 Å². The van der Waals surface area contributed by atoms with Crippen molar-refractivity contribution in [2.75, 3.05) is 0 Å². The minimum Gasteiger partial charge on any atom is -1.00 e. The van der Waals surface area contributed by atoms with Gasteiger partial charge in [-0.2, -0.15) is 0 Å². The van der Waals surface area contributed by atoms with E-state index >= 15 is 0 Å². The van der Waals surface area contributed by atoms with Gasteiger partial charge in [0.25, 0.3) is 5.52 Å². The van der Waals surface area contributed by atoms with Gasteiger partial charge in [-0.15, -0.1) is 0 Å². The fraction of sp³-hybridized carbons (Fsp3) is 0.174. The van der Waals surface area contributed by atoms with Gasteiger partial charge in [0, 0.05) is 0 Å². The van der Waals surface area contributed by atoms with Crippen LogP contribution in [0.25, 0.3) is 0 Å². The van der Waals surface area contributed by atoms with Crippen LogP contribution in [0.1, 0.15) is 20.3 Å². The van der Waals surface area contributed by atoms with Crippen LogP contribution in [0.5, 0.6) is 0 Å². The predicted molar refractivity (Wildman–Crippen MR) is 110 cm³/mol. The van der Waals surface area contributed by atoms with Gasteiger partial charge >= 0.3 is 0 Å². The van der Waals surface area contributed by atoms with E-state index in [2.05, 4.69) is 50.2 Å². The second-order valence-corrected chi connectivity index (χ2v) is 9.66. The van der Waals surface area contributed by atoms with Gasteiger partial charge < -0.3 is 17.0 Å². The fourth-order valence-corrected chi connectivity index (χ4v) is 7.65. The number of hydrogen-bond acceptors (Lipinski definition) is 1. The Labute approximate surface area is 167 Å². The summed E-state index contributed by atoms with van der Waals surface area (Å²) in [5.74, 6) is 0.0222. The van der Waals surface area contributed by atoms with Crippen molar-refractivity contribution in [1.82, 2.24) is 0 Å². The van der Waals surface area contributed by atoms with E-state index in [4.69, 9.17) is 0 Å². The maximum atomic E-state index is 13.8. The Morgan fingerprint density at radius 2 is 1.04 bits per heavy atom. The van der Waals surface area contributed by atoms with E-state index in [0.717, 1.165) is 22.3 Å². The zero-order valence-electron chi connectivity index (χ0n) is 15.2. The molecule has 0 saturated heterocycles. The average Bonchev–Trinajstić information content (AvgIpc) is 2.70. The molecule has 0 spiro atoms. The summed E-state index contributed by atoms with van der Waals surface area (Å²) >= 11 is 0. The van der Waals surface area contributed by atoms with E-state index in [1.165, 1.54) is 0 Å². The molecule has 3 heteroatoms. The number of halogens is 1. The summed E-state index contributed by atoms with van der Waals surface area (Å²) < 4.78 is 0. The van der Waals surface area contributed by atoms with Gasteiger partial charge in [0.05, 0.1) is 5.92 Å². The molecule has 0 bridgehead atoms. The van der Waals surface area contributed by atoms with E-state index in [0.29, 0.717) is 5.52 Å². The summed E-state index contributed by atoms with van der Waals surface area (Å²) in [5.41, 5.74) is 0.360. The van der Waals surface area contributed by atoms with Gasteiger partial charge in [-0.05, 0) is 42.8 Å². The Kier molecular flexibility index (Phi) is 7.32. The molecule has 0 aromatic heterocycles. The van der Waals surface area contributed by atoms with Crippen LogP contribution < -0.4 is 32.9 Å². The molecule has 3 aromatic carbocycles. The van der Waals surface area contributed by atoms with Crippen LogP contribution in [0.3, 0.4) is 0 Å². The molecule has 26 heavy (non-hydrogen) atoms. The van der Waals surface area contributed by atoms with Crippen molar-refractivity contribution in [2.45, 2.75) is 20.3 Å². The first-order chi connectivity index (χ1) is 12.2. The average molecular weight is 427 g/mol. The van der Waals surface area contributed by atoms with Crippen molar-refractivity contribution in [3.63, 3.8) is 0 Å². The highest BCUT2D eigenvalue weighted by molar-refractivity contribution is 8.08. The van der Waals surface area contributed by atoms with Gasteiger partial charge in [-0.25, -0.2) is 0 Å². The molecule has 134 valence electrons. The van der Waals surface area contributed by atoms with Crippen LogP contribution in [0.4, 0.5) is 0 Å². The third kappa shape index (κ3) is 3.68. The first-order valence-corrected chi connectivity index (χ1v) is 10.6. The zero-order valence-corrected chi connectivity index (χ0v) is 17.7. The van der Waals surface area contributed by atoms with Crippen LogP contribution >= 0.6 is 7.26 Å². The van der Waals surface area contributed by atoms with Crippen molar-refractivity contribution in [1.29, 1.82) is 0 Å². The van der Waals surface area contributed by atoms with Crippen molar-refractivity contribution >= 4 is 28.7 Å². The first kappa shape index (κ1) is 20.6. The van der Waals surface area contributed by atoms with Crippen LogP contribution in [0, 0.1) is 5.92 Å². The molecule has 1 nitrogen and oxygen atoms in total. The highest BCUT2D eigenvalue weighted by atomic mass is 79.9. The number of carbonyl (C=O) groups is 1. The van der Waals surface area contributed by atoms with E-state index in [1.54, 1.807) is 0 Å². The van der Waals surface area contributed by atoms with Gasteiger partial charge in [0.15, 0.2) is 7.26 Å². The minimum atomic E-state index is -2.36. The summed E-state index contributed by atoms with van der Waals surface area (Å²) in [6.07, 6.45) is 0.854. The molecule has 0 heterocycles. The van der Waals surface area contributed by atoms with E-state index in [1.807, 2.05) is 54.6 Å². The van der Waals surface area contributed by atoms with E-state index < -0.39 is 7.26 Å². The number of hydrogen-bond donors (Lipinski definition) is 0. The van der Waals surface area contributed by atoms with Crippen molar-refractivity contribution in [2.24, 2.45) is 5.92 Å². The first-order valence-electron chi connectivity index (χ1n) is 8.81. The molecule has 0 radical (unpaired) electrons. The quantitative estimate of drug-likeness (QED) is 0.546. The molecule has 0 aliphatic heterocycles. The molecule has 1 atom stereocenters. The number of carbonyl (C=O) groups excluding carboxylic acids is 1. The third-order valence-electron chi connectivity index (χ3n) is 4.79. The van der Waals surface area contributed by atoms with Gasteiger partial charge in [0.1, 0.15) is 15.9 Å². The third-order valence-corrected chi connectivity index (χ3v) is 9.12. The van der Waals surface area contributed by atoms with Crippen molar-refractivity contribution in [3.8, 4) is 0 Å². The predicted octanol–water partition coefficient (Wildman–Crippen LogP) is 1.56. The van der Waals surface area contributed by atoms with Gasteiger partial charge in [0.2, 0.25) is 0 Å². The Hall–Kier alpha value is -1.76. The highest BCUT2D eigenvalue weighted by Crippen LogP contribution is 2.58. The molecule has 0 aliphatic rings. The normalized spacial score (nSPS) is 12.1. The molecule has 0 saturated carbocycles. The molecule has 0 fully saturated rings. The summed E-state index contributed by atoms with van der Waals surface area (Å²) in [5, 5.41) is 3.41. The lowest BCUT2D eigenvalue weighted by Crippen LogP contribution is -3.00. The Morgan fingerprint density at radius 3 is 1.31 bits per heavy atom. The smallest absolute Gasteiger partial charge is 0.286 e. The Balaban J connectivity index is 0.00000243. The molecule has 0 aliphatic carbocycles. The summed E-state index contributed by atoms with van der Waals surface area (Å²) in [6.45, 7) is 4.16. The summed E-state index contributed by atoms with van der Waals surface area (Å²) in [4.78, 5) is 13.8. The Morgan fingerprint density at radius 1 is 0.731 bits per heavy atom. The second kappa shape index (κ2) is 9.26. The van der Waals surface area contributed by atoms with Gasteiger partial charge in [-0.3, -0.25) is 4.79 Å². The van der Waals surface area contributed by atoms with Crippen LogP contribution in [0.2, 0.25) is 0 Å².